The molecule has 0 aliphatic carbocycles. The minimum Gasteiger partial charge on any atom is -0.459 e. The molecule has 1 aliphatic heterocycles. The second kappa shape index (κ2) is 8.20. The molecule has 2 heterocycles. The van der Waals surface area contributed by atoms with Gasteiger partial charge in [-0.2, -0.15) is 13.2 Å². The summed E-state index contributed by atoms with van der Waals surface area (Å²) in [5.74, 6) is -5.39. The third-order valence-corrected chi connectivity index (χ3v) is 5.62. The molecule has 1 fully saturated rings. The highest BCUT2D eigenvalue weighted by molar-refractivity contribution is 6.33. The van der Waals surface area contributed by atoms with Crippen LogP contribution in [0.3, 0.4) is 0 Å². The summed E-state index contributed by atoms with van der Waals surface area (Å²) in [4.78, 5) is 24.8. The average molecular weight is 483 g/mol. The zero-order valence-electron chi connectivity index (χ0n) is 16.5. The highest BCUT2D eigenvalue weighted by atomic mass is 35.5. The first kappa shape index (κ1) is 22.8. The molecular weight excluding hydrogens is 468 g/mol. The van der Waals surface area contributed by atoms with Crippen LogP contribution in [0.5, 0.6) is 0 Å². The summed E-state index contributed by atoms with van der Waals surface area (Å²) in [6.07, 6.45) is -5.36. The Morgan fingerprint density at radius 3 is 2.36 bits per heavy atom. The van der Waals surface area contributed by atoms with Gasteiger partial charge in [0.2, 0.25) is 5.78 Å². The minimum atomic E-state index is -5.36. The number of hydrogen-bond acceptors (Lipinski definition) is 4. The molecule has 2 amide bonds. The lowest BCUT2D eigenvalue weighted by atomic mass is 9.77. The van der Waals surface area contributed by atoms with Gasteiger partial charge in [0.05, 0.1) is 5.02 Å². The van der Waals surface area contributed by atoms with Gasteiger partial charge in [-0.3, -0.25) is 4.79 Å². The monoisotopic (exact) mass is 482 g/mol. The summed E-state index contributed by atoms with van der Waals surface area (Å²) in [5, 5.41) is 15.7. The van der Waals surface area contributed by atoms with Crippen molar-refractivity contribution in [2.45, 2.75) is 17.9 Å². The lowest BCUT2D eigenvalue weighted by molar-refractivity contribution is -0.190. The highest BCUT2D eigenvalue weighted by Crippen LogP contribution is 2.44. The smallest absolute Gasteiger partial charge is 0.450 e. The van der Waals surface area contributed by atoms with Gasteiger partial charge in [0, 0.05) is 11.1 Å². The lowest BCUT2D eigenvalue weighted by Crippen LogP contribution is -2.66. The van der Waals surface area contributed by atoms with Crippen molar-refractivity contribution < 1.29 is 36.7 Å². The number of halogens is 5. The molecule has 1 saturated heterocycles. The number of urea groups is 1. The van der Waals surface area contributed by atoms with E-state index in [1.54, 1.807) is 24.3 Å². The molecule has 2 aromatic carbocycles. The van der Waals surface area contributed by atoms with Gasteiger partial charge in [-0.1, -0.05) is 35.9 Å². The number of aliphatic hydroxyl groups is 1. The SMILES string of the molecule is O=C1NC(c2ccc(-c3ccccc3Cl)o2)C(C(=O)C(F)(F)F)C(O)(c2ccc(F)cc2)N1. The summed E-state index contributed by atoms with van der Waals surface area (Å²) in [6.45, 7) is 0. The fourth-order valence-corrected chi connectivity index (χ4v) is 4.02. The molecule has 0 saturated carbocycles. The molecule has 6 nitrogen and oxygen atoms in total. The number of hydrogen-bond donors (Lipinski definition) is 3. The predicted molar refractivity (Wildman–Crippen MR) is 108 cm³/mol. The van der Waals surface area contributed by atoms with Crippen molar-refractivity contribution in [2.24, 2.45) is 5.92 Å². The fourth-order valence-electron chi connectivity index (χ4n) is 3.79. The van der Waals surface area contributed by atoms with Gasteiger partial charge in [0.25, 0.3) is 0 Å². The van der Waals surface area contributed by atoms with Gasteiger partial charge in [-0.15, -0.1) is 0 Å². The van der Waals surface area contributed by atoms with Gasteiger partial charge in [-0.05, 0) is 36.4 Å². The Morgan fingerprint density at radius 2 is 1.73 bits per heavy atom. The van der Waals surface area contributed by atoms with Gasteiger partial charge >= 0.3 is 12.2 Å². The zero-order chi connectivity index (χ0) is 24.0. The van der Waals surface area contributed by atoms with Crippen LogP contribution in [0.25, 0.3) is 11.3 Å². The molecule has 3 atom stereocenters. The number of carbonyl (C=O) groups excluding carboxylic acids is 2. The third-order valence-electron chi connectivity index (χ3n) is 5.29. The second-order valence-corrected chi connectivity index (χ2v) is 7.78. The number of furan rings is 1. The molecule has 3 aromatic rings. The molecule has 4 rings (SSSR count). The third kappa shape index (κ3) is 4.19. The number of Topliss-reactive ketones (excluding diaryl/α,β-unsaturated/α-hetero) is 1. The van der Waals surface area contributed by atoms with E-state index in [-0.39, 0.29) is 17.1 Å². The number of amides is 2. The molecule has 0 spiro atoms. The van der Waals surface area contributed by atoms with Gasteiger partial charge < -0.3 is 20.2 Å². The van der Waals surface area contributed by atoms with E-state index < -0.39 is 41.5 Å². The van der Waals surface area contributed by atoms with Crippen molar-refractivity contribution in [3.05, 3.63) is 82.8 Å². The predicted octanol–water partition coefficient (Wildman–Crippen LogP) is 4.69. The highest BCUT2D eigenvalue weighted by Gasteiger charge is 2.60. The van der Waals surface area contributed by atoms with E-state index in [2.05, 4.69) is 5.32 Å². The summed E-state index contributed by atoms with van der Waals surface area (Å²) in [5.41, 5.74) is -2.70. The van der Waals surface area contributed by atoms with E-state index in [1.165, 1.54) is 12.1 Å². The number of benzene rings is 2. The Morgan fingerprint density at radius 1 is 1.06 bits per heavy atom. The topological polar surface area (TPSA) is 91.6 Å². The Balaban J connectivity index is 1.84. The summed E-state index contributed by atoms with van der Waals surface area (Å²) < 4.78 is 59.7. The molecule has 11 heteroatoms. The van der Waals surface area contributed by atoms with Crippen molar-refractivity contribution in [2.75, 3.05) is 0 Å². The number of ketones is 1. The van der Waals surface area contributed by atoms with Crippen LogP contribution in [0, 0.1) is 11.7 Å². The van der Waals surface area contributed by atoms with E-state index in [0.717, 1.165) is 24.3 Å². The van der Waals surface area contributed by atoms with Crippen molar-refractivity contribution in [1.82, 2.24) is 10.6 Å². The van der Waals surface area contributed by atoms with Crippen molar-refractivity contribution in [3.63, 3.8) is 0 Å². The molecule has 0 radical (unpaired) electrons. The minimum absolute atomic E-state index is 0.173. The number of nitrogens with one attached hydrogen (secondary N) is 2. The van der Waals surface area contributed by atoms with Crippen LogP contribution >= 0.6 is 11.6 Å². The Bertz CT molecular complexity index is 1210. The molecule has 172 valence electrons. The number of rotatable bonds is 4. The summed E-state index contributed by atoms with van der Waals surface area (Å²) >= 11 is 6.14. The van der Waals surface area contributed by atoms with Crippen LogP contribution in [0.2, 0.25) is 5.02 Å². The van der Waals surface area contributed by atoms with E-state index in [0.29, 0.717) is 10.6 Å². The fraction of sp³-hybridized carbons (Fsp3) is 0.182. The largest absolute Gasteiger partial charge is 0.459 e. The zero-order valence-corrected chi connectivity index (χ0v) is 17.2. The van der Waals surface area contributed by atoms with E-state index in [1.807, 2.05) is 5.32 Å². The van der Waals surface area contributed by atoms with Crippen molar-refractivity contribution in [3.8, 4) is 11.3 Å². The first-order chi connectivity index (χ1) is 15.5. The maximum absolute atomic E-state index is 13.6. The van der Waals surface area contributed by atoms with E-state index >= 15 is 0 Å². The molecule has 1 aliphatic rings. The molecule has 0 bridgehead atoms. The average Bonchev–Trinajstić information content (AvgIpc) is 3.23. The molecule has 3 N–H and O–H groups in total. The number of carbonyl (C=O) groups is 2. The standard InChI is InChI=1S/C22H15ClF4N2O4/c23-14-4-2-1-3-13(14)15-9-10-16(33-15)18-17(19(30)22(25,26)27)21(32,29-20(31)28-18)11-5-7-12(24)8-6-11/h1-10,17-18,32H,(H2,28,29,31). The van der Waals surface area contributed by atoms with Crippen LogP contribution in [-0.4, -0.2) is 23.1 Å². The van der Waals surface area contributed by atoms with Crippen LogP contribution in [0.15, 0.2) is 65.1 Å². The van der Waals surface area contributed by atoms with Crippen molar-refractivity contribution in [1.29, 1.82) is 0 Å². The molecule has 3 unspecified atom stereocenters. The Kier molecular flexibility index (Phi) is 5.67. The van der Waals surface area contributed by atoms with E-state index in [9.17, 15) is 32.3 Å². The second-order valence-electron chi connectivity index (χ2n) is 7.37. The van der Waals surface area contributed by atoms with Gasteiger partial charge in [0.1, 0.15) is 29.3 Å². The van der Waals surface area contributed by atoms with Crippen LogP contribution in [0.1, 0.15) is 17.4 Å². The van der Waals surface area contributed by atoms with Crippen LogP contribution < -0.4 is 10.6 Å². The quantitative estimate of drug-likeness (QED) is 0.471. The maximum Gasteiger partial charge on any atom is 0.450 e. The molecule has 33 heavy (non-hydrogen) atoms. The molecule has 1 aromatic heterocycles. The lowest BCUT2D eigenvalue weighted by Gasteiger charge is -2.44. The van der Waals surface area contributed by atoms with Crippen LogP contribution in [-0.2, 0) is 10.5 Å². The first-order valence-corrected chi connectivity index (χ1v) is 9.91. The number of alkyl halides is 3. The molecular formula is C22H15ClF4N2O4. The van der Waals surface area contributed by atoms with Gasteiger partial charge in [-0.25, -0.2) is 9.18 Å². The first-order valence-electron chi connectivity index (χ1n) is 9.53. The Labute approximate surface area is 189 Å². The van der Waals surface area contributed by atoms with Crippen molar-refractivity contribution >= 4 is 23.4 Å². The summed E-state index contributed by atoms with van der Waals surface area (Å²) in [6, 6.07) is 10.2. The van der Waals surface area contributed by atoms with Gasteiger partial charge in [0.15, 0.2) is 5.72 Å². The summed E-state index contributed by atoms with van der Waals surface area (Å²) in [7, 11) is 0. The van der Waals surface area contributed by atoms with E-state index in [4.69, 9.17) is 16.0 Å². The maximum atomic E-state index is 13.6. The van der Waals surface area contributed by atoms with Crippen LogP contribution in [0.4, 0.5) is 22.4 Å². The Hall–Kier alpha value is -3.37. The normalized spacial score (nSPS) is 23.0.